The zero-order valence-corrected chi connectivity index (χ0v) is 13.6. The van der Waals surface area contributed by atoms with Gasteiger partial charge in [-0.25, -0.2) is 0 Å². The Kier molecular flexibility index (Phi) is 5.21. The van der Waals surface area contributed by atoms with Gasteiger partial charge in [-0.05, 0) is 49.3 Å². The van der Waals surface area contributed by atoms with E-state index in [2.05, 4.69) is 0 Å². The van der Waals surface area contributed by atoms with Gasteiger partial charge in [0, 0.05) is 13.2 Å². The molecule has 0 bridgehead atoms. The van der Waals surface area contributed by atoms with Crippen LogP contribution >= 0.6 is 0 Å². The van der Waals surface area contributed by atoms with Gasteiger partial charge in [0.15, 0.2) is 0 Å². The fourth-order valence-corrected chi connectivity index (χ4v) is 3.78. The Morgan fingerprint density at radius 3 is 2.39 bits per heavy atom. The number of hydrogen-bond donors (Lipinski definition) is 1. The van der Waals surface area contributed by atoms with Crippen LogP contribution in [0.3, 0.4) is 0 Å². The monoisotopic (exact) mass is 318 g/mol. The van der Waals surface area contributed by atoms with E-state index in [1.165, 1.54) is 32.1 Å². The topological polar surface area (TPSA) is 55.8 Å². The van der Waals surface area contributed by atoms with Crippen LogP contribution in [0.15, 0.2) is 24.3 Å². The average Bonchev–Trinajstić information content (AvgIpc) is 2.62. The SMILES string of the molecule is O=C(O)C1(c2ccc(OCC3CCCCC3)cc2)CCOCC1. The summed E-state index contributed by atoms with van der Waals surface area (Å²) in [5, 5.41) is 9.70. The van der Waals surface area contributed by atoms with Crippen LogP contribution in [-0.4, -0.2) is 30.9 Å². The normalized spacial score (nSPS) is 21.7. The summed E-state index contributed by atoms with van der Waals surface area (Å²) in [6.07, 6.45) is 7.58. The summed E-state index contributed by atoms with van der Waals surface area (Å²) < 4.78 is 11.2. The zero-order valence-electron chi connectivity index (χ0n) is 13.6. The number of rotatable bonds is 5. The highest BCUT2D eigenvalue weighted by atomic mass is 16.5. The molecule has 126 valence electrons. The standard InChI is InChI=1S/C19H26O4/c20-18(21)19(10-12-22-13-11-19)16-6-8-17(9-7-16)23-14-15-4-2-1-3-5-15/h6-9,15H,1-5,10-14H2,(H,20,21). The predicted molar refractivity (Wildman–Crippen MR) is 87.9 cm³/mol. The van der Waals surface area contributed by atoms with Crippen molar-refractivity contribution < 1.29 is 19.4 Å². The Hall–Kier alpha value is -1.55. The fourth-order valence-electron chi connectivity index (χ4n) is 3.78. The van der Waals surface area contributed by atoms with E-state index in [-0.39, 0.29) is 0 Å². The summed E-state index contributed by atoms with van der Waals surface area (Å²) in [4.78, 5) is 11.8. The average molecular weight is 318 g/mol. The molecule has 1 aromatic rings. The van der Waals surface area contributed by atoms with Crippen molar-refractivity contribution in [1.29, 1.82) is 0 Å². The molecule has 1 aliphatic carbocycles. The van der Waals surface area contributed by atoms with Gasteiger partial charge in [-0.15, -0.1) is 0 Å². The minimum absolute atomic E-state index is 0.506. The molecular formula is C19H26O4. The van der Waals surface area contributed by atoms with E-state index in [1.807, 2.05) is 24.3 Å². The van der Waals surface area contributed by atoms with Gasteiger partial charge in [-0.3, -0.25) is 4.79 Å². The lowest BCUT2D eigenvalue weighted by molar-refractivity contribution is -0.147. The molecule has 4 nitrogen and oxygen atoms in total. The first kappa shape index (κ1) is 16.3. The van der Waals surface area contributed by atoms with Gasteiger partial charge in [-0.2, -0.15) is 0 Å². The fraction of sp³-hybridized carbons (Fsp3) is 0.632. The van der Waals surface area contributed by atoms with Crippen LogP contribution in [0.4, 0.5) is 0 Å². The van der Waals surface area contributed by atoms with Crippen molar-refractivity contribution in [3.63, 3.8) is 0 Å². The highest BCUT2D eigenvalue weighted by Crippen LogP contribution is 2.36. The molecule has 2 aliphatic rings. The molecule has 1 aliphatic heterocycles. The van der Waals surface area contributed by atoms with Gasteiger partial charge < -0.3 is 14.6 Å². The molecular weight excluding hydrogens is 292 g/mol. The molecule has 0 atom stereocenters. The number of carbonyl (C=O) groups is 1. The number of ether oxygens (including phenoxy) is 2. The highest BCUT2D eigenvalue weighted by Gasteiger charge is 2.41. The third-order valence-corrected chi connectivity index (χ3v) is 5.37. The second-order valence-corrected chi connectivity index (χ2v) is 6.84. The van der Waals surface area contributed by atoms with Gasteiger partial charge in [0.2, 0.25) is 0 Å². The summed E-state index contributed by atoms with van der Waals surface area (Å²) in [6.45, 7) is 1.79. The lowest BCUT2D eigenvalue weighted by Crippen LogP contribution is -2.41. The molecule has 0 amide bonds. The Labute approximate surface area is 137 Å². The highest BCUT2D eigenvalue weighted by molar-refractivity contribution is 5.81. The van der Waals surface area contributed by atoms with Crippen molar-refractivity contribution in [2.45, 2.75) is 50.4 Å². The summed E-state index contributed by atoms with van der Waals surface area (Å²) in [7, 11) is 0. The van der Waals surface area contributed by atoms with Crippen molar-refractivity contribution in [1.82, 2.24) is 0 Å². The van der Waals surface area contributed by atoms with Gasteiger partial charge in [0.25, 0.3) is 0 Å². The second kappa shape index (κ2) is 7.35. The third kappa shape index (κ3) is 3.69. The summed E-state index contributed by atoms with van der Waals surface area (Å²) in [5.41, 5.74) is 0.0541. The first-order valence-corrected chi connectivity index (χ1v) is 8.75. The van der Waals surface area contributed by atoms with Crippen molar-refractivity contribution in [2.75, 3.05) is 19.8 Å². The van der Waals surface area contributed by atoms with Gasteiger partial charge in [0.05, 0.1) is 12.0 Å². The first-order valence-electron chi connectivity index (χ1n) is 8.75. The van der Waals surface area contributed by atoms with E-state index in [4.69, 9.17) is 9.47 Å². The molecule has 0 spiro atoms. The van der Waals surface area contributed by atoms with Crippen molar-refractivity contribution in [2.24, 2.45) is 5.92 Å². The van der Waals surface area contributed by atoms with E-state index < -0.39 is 11.4 Å². The molecule has 23 heavy (non-hydrogen) atoms. The number of benzene rings is 1. The Morgan fingerprint density at radius 1 is 1.13 bits per heavy atom. The van der Waals surface area contributed by atoms with E-state index in [9.17, 15) is 9.90 Å². The number of aliphatic carboxylic acids is 1. The second-order valence-electron chi connectivity index (χ2n) is 6.84. The van der Waals surface area contributed by atoms with Crippen LogP contribution in [-0.2, 0) is 14.9 Å². The third-order valence-electron chi connectivity index (χ3n) is 5.37. The largest absolute Gasteiger partial charge is 0.493 e. The summed E-state index contributed by atoms with van der Waals surface area (Å²) in [5.74, 6) is 0.757. The molecule has 3 rings (SSSR count). The predicted octanol–water partition coefficient (Wildman–Crippen LogP) is 3.78. The van der Waals surface area contributed by atoms with Crippen LogP contribution in [0.1, 0.15) is 50.5 Å². The molecule has 4 heteroatoms. The molecule has 0 aromatic heterocycles. The molecule has 2 fully saturated rings. The molecule has 1 aromatic carbocycles. The molecule has 1 saturated carbocycles. The number of carboxylic acids is 1. The Bertz CT molecular complexity index is 511. The molecule has 1 saturated heterocycles. The van der Waals surface area contributed by atoms with Crippen LogP contribution in [0, 0.1) is 5.92 Å². The summed E-state index contributed by atoms with van der Waals surface area (Å²) >= 11 is 0. The van der Waals surface area contributed by atoms with E-state index in [0.717, 1.165) is 17.9 Å². The van der Waals surface area contributed by atoms with Gasteiger partial charge in [0.1, 0.15) is 5.75 Å². The van der Waals surface area contributed by atoms with E-state index in [0.29, 0.717) is 32.0 Å². The lowest BCUT2D eigenvalue weighted by atomic mass is 9.74. The number of hydrogen-bond acceptors (Lipinski definition) is 3. The molecule has 1 N–H and O–H groups in total. The van der Waals surface area contributed by atoms with Crippen LogP contribution in [0.5, 0.6) is 5.75 Å². The maximum Gasteiger partial charge on any atom is 0.314 e. The zero-order chi connectivity index (χ0) is 16.1. The van der Waals surface area contributed by atoms with Crippen molar-refractivity contribution >= 4 is 5.97 Å². The quantitative estimate of drug-likeness (QED) is 0.897. The first-order chi connectivity index (χ1) is 11.2. The minimum Gasteiger partial charge on any atom is -0.493 e. The van der Waals surface area contributed by atoms with E-state index in [1.54, 1.807) is 0 Å². The van der Waals surface area contributed by atoms with Crippen LogP contribution in [0.2, 0.25) is 0 Å². The minimum atomic E-state index is -0.805. The van der Waals surface area contributed by atoms with Crippen LogP contribution in [0.25, 0.3) is 0 Å². The van der Waals surface area contributed by atoms with Crippen molar-refractivity contribution in [3.8, 4) is 5.75 Å². The number of carboxylic acid groups (broad SMARTS) is 1. The molecule has 1 heterocycles. The van der Waals surface area contributed by atoms with E-state index >= 15 is 0 Å². The van der Waals surface area contributed by atoms with Crippen molar-refractivity contribution in [3.05, 3.63) is 29.8 Å². The smallest absolute Gasteiger partial charge is 0.314 e. The molecule has 0 radical (unpaired) electrons. The Morgan fingerprint density at radius 2 is 1.78 bits per heavy atom. The Balaban J connectivity index is 1.64. The van der Waals surface area contributed by atoms with Crippen LogP contribution < -0.4 is 4.74 Å². The van der Waals surface area contributed by atoms with Gasteiger partial charge in [-0.1, -0.05) is 31.4 Å². The maximum atomic E-state index is 11.8. The molecule has 0 unspecified atom stereocenters. The van der Waals surface area contributed by atoms with Gasteiger partial charge >= 0.3 is 5.97 Å². The summed E-state index contributed by atoms with van der Waals surface area (Å²) in [6, 6.07) is 7.65. The lowest BCUT2D eigenvalue weighted by Gasteiger charge is -2.33. The maximum absolute atomic E-state index is 11.8.